The van der Waals surface area contributed by atoms with Crippen LogP contribution >= 0.6 is 27.4 Å². The largest absolute Gasteiger partial charge is 1.00 e. The zero-order valence-electron chi connectivity index (χ0n) is 40.3. The van der Waals surface area contributed by atoms with Crippen molar-refractivity contribution in [2.45, 2.75) is 224 Å². The monoisotopic (exact) mass is 999 g/mol. The molecule has 1 aliphatic heterocycles. The van der Waals surface area contributed by atoms with E-state index in [1.54, 1.807) is 0 Å². The van der Waals surface area contributed by atoms with Gasteiger partial charge < -0.3 is 44.3 Å². The minimum atomic E-state index is -5.63. The first-order valence-electron chi connectivity index (χ1n) is 24.0. The maximum absolute atomic E-state index is 12.8. The van der Waals surface area contributed by atoms with Crippen LogP contribution in [-0.2, 0) is 36.8 Å². The molecule has 4 N–H and O–H groups in total. The van der Waals surface area contributed by atoms with Gasteiger partial charge in [0, 0.05) is 18.4 Å². The van der Waals surface area contributed by atoms with Gasteiger partial charge in [-0.3, -0.25) is 18.5 Å². The third-order valence-electron chi connectivity index (χ3n) is 11.2. The van der Waals surface area contributed by atoms with Crippen molar-refractivity contribution in [3.63, 3.8) is 0 Å². The average Bonchev–Trinajstić information content (AvgIpc) is 3.51. The van der Waals surface area contributed by atoms with Gasteiger partial charge in [0.15, 0.2) is 6.23 Å². The van der Waals surface area contributed by atoms with E-state index in [2.05, 4.69) is 27.7 Å². The Labute approximate surface area is 438 Å². The maximum atomic E-state index is 12.8. The number of ether oxygens (including phenoxy) is 2. The van der Waals surface area contributed by atoms with Gasteiger partial charge in [-0.25, -0.2) is 9.11 Å². The summed E-state index contributed by atoms with van der Waals surface area (Å²) in [4.78, 5) is 53.8. The van der Waals surface area contributed by atoms with Gasteiger partial charge in [-0.2, -0.15) is 16.7 Å². The number of phosphoric acid groups is 2. The van der Waals surface area contributed by atoms with E-state index in [4.69, 9.17) is 19.7 Å². The van der Waals surface area contributed by atoms with Crippen LogP contribution in [0.3, 0.4) is 0 Å². The van der Waals surface area contributed by atoms with E-state index in [1.165, 1.54) is 152 Å². The summed E-state index contributed by atoms with van der Waals surface area (Å²) in [6, 6.07) is 1.25. The van der Waals surface area contributed by atoms with Crippen LogP contribution in [0.15, 0.2) is 17.1 Å². The van der Waals surface area contributed by atoms with E-state index in [0.717, 1.165) is 48.8 Å². The second kappa shape index (κ2) is 40.3. The number of aliphatic hydroxyl groups is 2. The predicted molar refractivity (Wildman–Crippen MR) is 245 cm³/mol. The Kier molecular flexibility index (Phi) is 40.7. The molecule has 4 unspecified atom stereocenters. The van der Waals surface area contributed by atoms with Crippen molar-refractivity contribution in [1.29, 1.82) is 0 Å². The van der Waals surface area contributed by atoms with Crippen molar-refractivity contribution in [2.75, 3.05) is 30.5 Å². The number of phosphoric ester groups is 2. The molecule has 21 heteroatoms. The first-order chi connectivity index (χ1) is 30.3. The molecule has 65 heavy (non-hydrogen) atoms. The van der Waals surface area contributed by atoms with Gasteiger partial charge in [-0.15, -0.1) is 0 Å². The van der Waals surface area contributed by atoms with E-state index < -0.39 is 71.2 Å². The summed E-state index contributed by atoms with van der Waals surface area (Å²) in [6.45, 7) is 2.83. The Balaban J connectivity index is 0.0000205. The molecule has 1 aromatic rings. The Morgan fingerprint density at radius 2 is 1.20 bits per heavy atom. The van der Waals surface area contributed by atoms with Crippen LogP contribution in [0, 0.1) is 0 Å². The van der Waals surface area contributed by atoms with Crippen molar-refractivity contribution in [3.05, 3.63) is 22.7 Å². The summed E-state index contributed by atoms with van der Waals surface area (Å²) in [5.74, 6) is 0.428. The molecule has 2 heterocycles. The molecule has 1 saturated heterocycles. The number of hydrogen-bond acceptors (Lipinski definition) is 16. The number of thioether (sulfide) groups is 1. The van der Waals surface area contributed by atoms with Crippen LogP contribution in [0.2, 0.25) is 0 Å². The average molecular weight is 1000 g/mol. The third kappa shape index (κ3) is 32.3. The second-order valence-corrected chi connectivity index (χ2v) is 21.0. The smallest absolute Gasteiger partial charge is 0.756 e. The van der Waals surface area contributed by atoms with E-state index in [9.17, 15) is 38.7 Å². The SMILES string of the molecule is CCCCCCCCCCCCCCCCSCC(COP(=O)([O-])OP(=O)([O-])OC[C@H]1OC(n2ccc(N)nc2=O)[C@@H](O)[C@@H]1O)OC(=O)CCCCCCCCCCCCCCC.[Na+].[Na+]. The van der Waals surface area contributed by atoms with Crippen molar-refractivity contribution < 1.29 is 116 Å². The molecule has 2 rings (SSSR count). The molecule has 368 valence electrons. The van der Waals surface area contributed by atoms with Crippen LogP contribution in [0.25, 0.3) is 0 Å². The Hall–Kier alpha value is 0.640. The number of aliphatic hydroxyl groups excluding tert-OH is 2. The van der Waals surface area contributed by atoms with E-state index in [-0.39, 0.29) is 77.1 Å². The zero-order chi connectivity index (χ0) is 46.2. The number of aromatic nitrogens is 2. The van der Waals surface area contributed by atoms with E-state index in [0.29, 0.717) is 6.42 Å². The van der Waals surface area contributed by atoms with Crippen LogP contribution in [-0.4, -0.2) is 74.9 Å². The number of anilines is 1. The Bertz CT molecular complexity index is 1510. The zero-order valence-corrected chi connectivity index (χ0v) is 46.9. The standard InChI is InChI=1S/C44H83N3O13P2S.2Na/c1-3-5-7-9-11-13-15-17-19-21-23-25-27-29-33-63-36-37(58-40(48)30-28-26-24-22-20-18-16-14-12-10-8-6-4-2)34-56-61(52,53)60-62(54,55)57-35-38-41(49)42(50)43(59-38)47-32-31-39(45)46-44(47)51;;/h31-32,37-38,41-43,49-50H,3-30,33-36H2,1-2H3,(H,52,53)(H,54,55)(H2,45,46,51);;/q;2*+1/p-2/t37?,38-,41-,42+,43?;;/m1../s1. The number of nitrogen functional groups attached to an aromatic ring is 1. The third-order valence-corrected chi connectivity index (χ3v) is 14.9. The van der Waals surface area contributed by atoms with Gasteiger partial charge in [0.2, 0.25) is 0 Å². The number of unbranched alkanes of at least 4 members (excludes halogenated alkanes) is 25. The number of nitrogens with zero attached hydrogens (tertiary/aromatic N) is 2. The first-order valence-corrected chi connectivity index (χ1v) is 28.1. The molecule has 0 spiro atoms. The predicted octanol–water partition coefficient (Wildman–Crippen LogP) is 3.05. The fourth-order valence-electron chi connectivity index (χ4n) is 7.49. The summed E-state index contributed by atoms with van der Waals surface area (Å²) in [6.07, 6.45) is 26.6. The number of carbonyl (C=O) groups excluding carboxylic acids is 1. The molecule has 0 bridgehead atoms. The fraction of sp³-hybridized carbons (Fsp3) is 0.886. The molecule has 0 aliphatic carbocycles. The number of hydrogen-bond donors (Lipinski definition) is 3. The van der Waals surface area contributed by atoms with Crippen molar-refractivity contribution in [1.82, 2.24) is 9.55 Å². The molecule has 7 atom stereocenters. The second-order valence-electron chi connectivity index (χ2n) is 16.9. The van der Waals surface area contributed by atoms with Gasteiger partial charge in [-0.05, 0) is 24.7 Å². The maximum Gasteiger partial charge on any atom is 1.00 e. The number of rotatable bonds is 41. The van der Waals surface area contributed by atoms with Crippen LogP contribution in [0.4, 0.5) is 5.82 Å². The normalized spacial score (nSPS) is 19.5. The Morgan fingerprint density at radius 3 is 1.68 bits per heavy atom. The summed E-state index contributed by atoms with van der Waals surface area (Å²) in [5.41, 5.74) is 4.59. The minimum Gasteiger partial charge on any atom is -0.756 e. The van der Waals surface area contributed by atoms with E-state index >= 15 is 0 Å². The Morgan fingerprint density at radius 1 is 0.754 bits per heavy atom. The van der Waals surface area contributed by atoms with Gasteiger partial charge in [0.05, 0.1) is 13.2 Å². The molecule has 0 aromatic carbocycles. The minimum absolute atomic E-state index is 0. The van der Waals surface area contributed by atoms with E-state index in [1.807, 2.05) is 0 Å². The van der Waals surface area contributed by atoms with Crippen molar-refractivity contribution in [2.24, 2.45) is 0 Å². The number of carbonyl (C=O) groups is 1. The van der Waals surface area contributed by atoms with Crippen molar-refractivity contribution in [3.8, 4) is 0 Å². The molecule has 16 nitrogen and oxygen atoms in total. The molecule has 0 saturated carbocycles. The molecular weight excluding hydrogens is 918 g/mol. The summed E-state index contributed by atoms with van der Waals surface area (Å²) >= 11 is 1.50. The first kappa shape index (κ1) is 65.6. The molecular formula is C44H81N3Na2O13P2S. The summed E-state index contributed by atoms with van der Waals surface area (Å²) in [7, 11) is -11.2. The number of esters is 1. The fourth-order valence-corrected chi connectivity index (χ4v) is 10.5. The molecule has 1 fully saturated rings. The van der Waals surface area contributed by atoms with Crippen LogP contribution < -0.4 is 80.3 Å². The van der Waals surface area contributed by atoms with Gasteiger partial charge >= 0.3 is 70.8 Å². The molecule has 0 amide bonds. The van der Waals surface area contributed by atoms with Gasteiger partial charge in [0.1, 0.15) is 30.2 Å². The molecule has 0 radical (unpaired) electrons. The van der Waals surface area contributed by atoms with Crippen LogP contribution in [0.1, 0.15) is 200 Å². The summed E-state index contributed by atoms with van der Waals surface area (Å²) < 4.78 is 51.0. The molecule has 1 aromatic heterocycles. The number of nitrogens with two attached hydrogens (primary N) is 1. The quantitative estimate of drug-likeness (QED) is 0.0370. The van der Waals surface area contributed by atoms with Gasteiger partial charge in [0.25, 0.3) is 15.6 Å². The van der Waals surface area contributed by atoms with Crippen molar-refractivity contribution >= 4 is 39.2 Å². The summed E-state index contributed by atoms with van der Waals surface area (Å²) in [5, 5.41) is 20.8. The topological polar surface area (TPSA) is 245 Å². The molecule has 1 aliphatic rings. The van der Waals surface area contributed by atoms with Gasteiger partial charge in [-0.1, -0.05) is 174 Å². The van der Waals surface area contributed by atoms with Crippen LogP contribution in [0.5, 0.6) is 0 Å².